The second-order valence-corrected chi connectivity index (χ2v) is 17.3. The molecule has 2 fully saturated rings. The fourth-order valence-corrected chi connectivity index (χ4v) is 6.36. The molecule has 0 radical (unpaired) electrons. The van der Waals surface area contributed by atoms with Gasteiger partial charge in [-0.3, -0.25) is 4.79 Å². The van der Waals surface area contributed by atoms with Gasteiger partial charge in [0.25, 0.3) is 5.91 Å². The normalized spacial score (nSPS) is 27.7. The van der Waals surface area contributed by atoms with Crippen molar-refractivity contribution in [2.24, 2.45) is 5.73 Å². The molecule has 3 aliphatic heterocycles. The maximum atomic E-state index is 13.1. The van der Waals surface area contributed by atoms with Crippen LogP contribution in [0.15, 0.2) is 18.3 Å². The fraction of sp³-hybridized carbons (Fsp3) is 0.692. The molecule has 192 valence electrons. The lowest BCUT2D eigenvalue weighted by Gasteiger charge is -2.31. The summed E-state index contributed by atoms with van der Waals surface area (Å²) in [6, 6.07) is 5.28. The molecule has 1 saturated carbocycles. The Morgan fingerprint density at radius 2 is 1.97 bits per heavy atom. The smallest absolute Gasteiger partial charge is 0.260 e. The van der Waals surface area contributed by atoms with Crippen molar-refractivity contribution in [1.82, 2.24) is 14.7 Å². The molecule has 2 atom stereocenters. The van der Waals surface area contributed by atoms with Crippen LogP contribution in [0.5, 0.6) is 5.75 Å². The number of carbonyl (C=O) groups is 1. The predicted molar refractivity (Wildman–Crippen MR) is 138 cm³/mol. The Balaban J connectivity index is 1.40. The Hall–Kier alpha value is -1.94. The molecule has 2 N–H and O–H groups in total. The minimum absolute atomic E-state index is 0.0126. The van der Waals surface area contributed by atoms with Gasteiger partial charge in [-0.05, 0) is 55.7 Å². The first-order valence-electron chi connectivity index (χ1n) is 13.2. The first kappa shape index (κ1) is 24.7. The molecule has 1 saturated heterocycles. The van der Waals surface area contributed by atoms with Crippen LogP contribution < -0.4 is 10.5 Å². The van der Waals surface area contributed by atoms with E-state index in [9.17, 15) is 4.79 Å². The topological polar surface area (TPSA) is 91.8 Å². The van der Waals surface area contributed by atoms with Gasteiger partial charge in [0.2, 0.25) is 0 Å². The number of ether oxygens (including phenoxy) is 3. The summed E-state index contributed by atoms with van der Waals surface area (Å²) in [6.07, 6.45) is 7.09. The predicted octanol–water partition coefficient (Wildman–Crippen LogP) is 3.71. The second kappa shape index (κ2) is 10.2. The zero-order valence-electron chi connectivity index (χ0n) is 21.4. The highest BCUT2D eigenvalue weighted by Gasteiger charge is 2.37. The summed E-state index contributed by atoms with van der Waals surface area (Å²) in [5.74, 6) is 1.16. The molecule has 2 aromatic rings. The van der Waals surface area contributed by atoms with Crippen molar-refractivity contribution in [2.75, 3.05) is 26.4 Å². The number of rotatable bonds is 5. The SMILES string of the molecule is C[Si](C)(C)CCOCn1ncc2cc3c(cc21)OCC(=O)N1CC[C@H](N)[C@@H]1COC1CCC3CC1. The van der Waals surface area contributed by atoms with Gasteiger partial charge in [0.1, 0.15) is 12.5 Å². The highest BCUT2D eigenvalue weighted by atomic mass is 28.3. The molecule has 2 bridgehead atoms. The third-order valence-corrected chi connectivity index (χ3v) is 9.57. The Morgan fingerprint density at radius 1 is 1.17 bits per heavy atom. The van der Waals surface area contributed by atoms with Gasteiger partial charge >= 0.3 is 0 Å². The molecular weight excluding hydrogens is 460 g/mol. The van der Waals surface area contributed by atoms with Gasteiger partial charge in [-0.1, -0.05) is 19.6 Å². The van der Waals surface area contributed by atoms with Crippen LogP contribution >= 0.6 is 0 Å². The third-order valence-electron chi connectivity index (χ3n) is 7.87. The molecule has 0 spiro atoms. The highest BCUT2D eigenvalue weighted by molar-refractivity contribution is 6.76. The minimum atomic E-state index is -1.14. The van der Waals surface area contributed by atoms with E-state index in [1.54, 1.807) is 0 Å². The third kappa shape index (κ3) is 5.58. The van der Waals surface area contributed by atoms with Crippen LogP contribution in [0.25, 0.3) is 10.9 Å². The van der Waals surface area contributed by atoms with E-state index in [2.05, 4.69) is 36.9 Å². The zero-order chi connectivity index (χ0) is 24.6. The van der Waals surface area contributed by atoms with Gasteiger partial charge in [0.05, 0.1) is 30.5 Å². The molecule has 1 amide bonds. The van der Waals surface area contributed by atoms with Crippen molar-refractivity contribution in [3.8, 4) is 5.75 Å². The molecule has 1 aliphatic carbocycles. The number of carbonyl (C=O) groups excluding carboxylic acids is 1. The van der Waals surface area contributed by atoms with E-state index in [0.717, 1.165) is 61.4 Å². The molecule has 35 heavy (non-hydrogen) atoms. The highest BCUT2D eigenvalue weighted by Crippen LogP contribution is 2.41. The van der Waals surface area contributed by atoms with Crippen LogP contribution in [-0.4, -0.2) is 73.2 Å². The summed E-state index contributed by atoms with van der Waals surface area (Å²) in [5, 5.41) is 5.68. The van der Waals surface area contributed by atoms with E-state index in [1.807, 2.05) is 15.8 Å². The number of hydrogen-bond donors (Lipinski definition) is 1. The maximum absolute atomic E-state index is 13.1. The minimum Gasteiger partial charge on any atom is -0.483 e. The Bertz CT molecular complexity index is 1040. The quantitative estimate of drug-likeness (QED) is 0.497. The van der Waals surface area contributed by atoms with Gasteiger partial charge in [-0.15, -0.1) is 0 Å². The Morgan fingerprint density at radius 3 is 2.74 bits per heavy atom. The van der Waals surface area contributed by atoms with Gasteiger partial charge < -0.3 is 24.8 Å². The number of fused-ring (bicyclic) bond motifs is 6. The van der Waals surface area contributed by atoms with Crippen molar-refractivity contribution < 1.29 is 19.0 Å². The molecule has 9 heteroatoms. The number of amides is 1. The molecule has 4 aliphatic rings. The monoisotopic (exact) mass is 500 g/mol. The Labute approximate surface area is 209 Å². The lowest BCUT2D eigenvalue weighted by atomic mass is 9.82. The van der Waals surface area contributed by atoms with Crippen LogP contribution in [0.3, 0.4) is 0 Å². The molecule has 8 nitrogen and oxygen atoms in total. The van der Waals surface area contributed by atoms with Crippen molar-refractivity contribution in [3.05, 3.63) is 23.9 Å². The summed E-state index contributed by atoms with van der Waals surface area (Å²) in [6.45, 7) is 9.42. The van der Waals surface area contributed by atoms with E-state index in [-0.39, 0.29) is 30.7 Å². The van der Waals surface area contributed by atoms with Crippen LogP contribution in [0.2, 0.25) is 25.7 Å². The number of aromatic nitrogens is 2. The van der Waals surface area contributed by atoms with Crippen molar-refractivity contribution in [3.63, 3.8) is 0 Å². The summed E-state index contributed by atoms with van der Waals surface area (Å²) < 4.78 is 20.4. The van der Waals surface area contributed by atoms with Crippen molar-refractivity contribution in [1.29, 1.82) is 0 Å². The first-order chi connectivity index (χ1) is 16.8. The second-order valence-electron chi connectivity index (χ2n) is 11.6. The summed E-state index contributed by atoms with van der Waals surface area (Å²) in [4.78, 5) is 15.0. The summed E-state index contributed by atoms with van der Waals surface area (Å²) >= 11 is 0. The first-order valence-corrected chi connectivity index (χ1v) is 16.9. The molecule has 1 aromatic heterocycles. The zero-order valence-corrected chi connectivity index (χ0v) is 22.4. The molecule has 6 rings (SSSR count). The average molecular weight is 501 g/mol. The van der Waals surface area contributed by atoms with E-state index in [4.69, 9.17) is 19.9 Å². The van der Waals surface area contributed by atoms with Gasteiger partial charge in [-0.2, -0.15) is 5.10 Å². The van der Waals surface area contributed by atoms with Gasteiger partial charge in [-0.25, -0.2) is 4.68 Å². The summed E-state index contributed by atoms with van der Waals surface area (Å²) in [7, 11) is -1.14. The standard InChI is InChI=1S/C26H40N4O4Si/c1-35(2,3)11-10-32-17-30-23-13-25-21(12-19(23)14-28-30)18-4-6-20(7-5-18)33-15-24-22(27)8-9-29(24)26(31)16-34-25/h12-14,18,20,22,24H,4-11,15-17,27H2,1-3H3/t18?,20?,22-,24-/m0/s1. The number of nitrogens with zero attached hydrogens (tertiary/aromatic N) is 3. The van der Waals surface area contributed by atoms with Gasteiger partial charge in [0.15, 0.2) is 6.61 Å². The van der Waals surface area contributed by atoms with Crippen LogP contribution in [0.1, 0.15) is 43.6 Å². The average Bonchev–Trinajstić information content (AvgIpc) is 3.40. The number of hydrogen-bond acceptors (Lipinski definition) is 6. The fourth-order valence-electron chi connectivity index (χ4n) is 5.60. The lowest BCUT2D eigenvalue weighted by Crippen LogP contribution is -2.47. The van der Waals surface area contributed by atoms with Crippen LogP contribution in [0, 0.1) is 0 Å². The van der Waals surface area contributed by atoms with Crippen LogP contribution in [-0.2, 0) is 21.0 Å². The van der Waals surface area contributed by atoms with Gasteiger partial charge in [0, 0.05) is 38.7 Å². The molecule has 1 aromatic carbocycles. The largest absolute Gasteiger partial charge is 0.483 e. The Kier molecular flexibility index (Phi) is 7.21. The number of nitrogens with two attached hydrogens (primary N) is 1. The van der Waals surface area contributed by atoms with Crippen molar-refractivity contribution >= 4 is 24.9 Å². The molecular formula is C26H40N4O4Si. The molecule has 4 heterocycles. The molecule has 0 unspecified atom stereocenters. The van der Waals surface area contributed by atoms with E-state index >= 15 is 0 Å². The number of benzene rings is 1. The van der Waals surface area contributed by atoms with Crippen LogP contribution in [0.4, 0.5) is 0 Å². The summed E-state index contributed by atoms with van der Waals surface area (Å²) in [5.41, 5.74) is 8.50. The maximum Gasteiger partial charge on any atom is 0.260 e. The van der Waals surface area contributed by atoms with E-state index in [0.29, 0.717) is 25.8 Å². The lowest BCUT2D eigenvalue weighted by molar-refractivity contribution is -0.136. The van der Waals surface area contributed by atoms with Crippen molar-refractivity contribution in [2.45, 2.75) is 88.6 Å². The van der Waals surface area contributed by atoms with E-state index < -0.39 is 8.07 Å². The van der Waals surface area contributed by atoms with E-state index in [1.165, 1.54) is 5.56 Å².